The second-order valence-corrected chi connectivity index (χ2v) is 14.2. The summed E-state index contributed by atoms with van der Waals surface area (Å²) in [4.78, 5) is 32.7. The van der Waals surface area contributed by atoms with Crippen molar-refractivity contribution in [1.82, 2.24) is 29.0 Å². The van der Waals surface area contributed by atoms with Crippen molar-refractivity contribution in [2.45, 2.75) is 57.3 Å². The Balaban J connectivity index is 1.15. The molecule has 11 nitrogen and oxygen atoms in total. The van der Waals surface area contributed by atoms with Crippen LogP contribution >= 0.6 is 0 Å². The van der Waals surface area contributed by atoms with Crippen molar-refractivity contribution in [3.63, 3.8) is 0 Å². The number of nitrogens with two attached hydrogens (primary N) is 1. The first-order valence-electron chi connectivity index (χ1n) is 17.2. The molecule has 1 aromatic carbocycles. The molecule has 1 amide bonds. The van der Waals surface area contributed by atoms with Gasteiger partial charge in [-0.1, -0.05) is 0 Å². The molecular formula is C37H39N9O2. The number of aromatic nitrogens is 5. The van der Waals surface area contributed by atoms with E-state index in [1.165, 1.54) is 12.8 Å². The number of piperidine rings is 1. The van der Waals surface area contributed by atoms with Gasteiger partial charge in [-0.05, 0) is 86.3 Å². The molecule has 0 radical (unpaired) electrons. The third-order valence-electron chi connectivity index (χ3n) is 11.2. The number of fused-ring (bicyclic) bond motifs is 4. The fourth-order valence-electron chi connectivity index (χ4n) is 8.48. The van der Waals surface area contributed by atoms with E-state index in [1.807, 2.05) is 41.6 Å². The van der Waals surface area contributed by atoms with Gasteiger partial charge >= 0.3 is 0 Å². The molecule has 2 saturated heterocycles. The lowest BCUT2D eigenvalue weighted by Crippen LogP contribution is -2.41. The van der Waals surface area contributed by atoms with Crippen LogP contribution in [-0.4, -0.2) is 73.7 Å². The molecule has 2 bridgehead atoms. The van der Waals surface area contributed by atoms with Crippen molar-refractivity contribution >= 4 is 33.7 Å². The Hall–Kier alpha value is -4.95. The molecule has 11 heteroatoms. The average molecular weight is 642 g/mol. The Morgan fingerprint density at radius 1 is 1.04 bits per heavy atom. The van der Waals surface area contributed by atoms with E-state index < -0.39 is 0 Å². The summed E-state index contributed by atoms with van der Waals surface area (Å²) in [6.45, 7) is 4.05. The average Bonchev–Trinajstić information content (AvgIpc) is 3.43. The molecule has 0 spiro atoms. The summed E-state index contributed by atoms with van der Waals surface area (Å²) in [5.74, 6) is 2.84. The summed E-state index contributed by atoms with van der Waals surface area (Å²) in [5, 5.41) is 10.5. The molecule has 4 atom stereocenters. The van der Waals surface area contributed by atoms with Crippen molar-refractivity contribution in [2.75, 3.05) is 31.6 Å². The van der Waals surface area contributed by atoms with E-state index in [2.05, 4.69) is 37.2 Å². The molecule has 4 fully saturated rings. The molecular weight excluding hydrogens is 602 g/mol. The zero-order chi connectivity index (χ0) is 32.5. The number of nitrogens with zero attached hydrogens (tertiary/aromatic N) is 8. The molecule has 2 unspecified atom stereocenters. The predicted octanol–water partition coefficient (Wildman–Crippen LogP) is 4.83. The second-order valence-electron chi connectivity index (χ2n) is 14.2. The summed E-state index contributed by atoms with van der Waals surface area (Å²) in [5.41, 5.74) is 12.3. The normalized spacial score (nSPS) is 23.4. The number of carbonyl (C=O) groups excluding carboxylic acids is 1. The third-order valence-corrected chi connectivity index (χ3v) is 11.2. The van der Waals surface area contributed by atoms with Gasteiger partial charge in [0.2, 0.25) is 0 Å². The zero-order valence-corrected chi connectivity index (χ0v) is 27.1. The van der Waals surface area contributed by atoms with Gasteiger partial charge in [-0.2, -0.15) is 5.26 Å². The highest BCUT2D eigenvalue weighted by Crippen LogP contribution is 2.41. The molecule has 2 saturated carbocycles. The summed E-state index contributed by atoms with van der Waals surface area (Å²) in [6, 6.07) is 14.4. The lowest BCUT2D eigenvalue weighted by Gasteiger charge is -2.27. The van der Waals surface area contributed by atoms with Gasteiger partial charge in [0, 0.05) is 68.2 Å². The Bertz CT molecular complexity index is 2110. The third kappa shape index (κ3) is 4.81. The number of ether oxygens (including phenoxy) is 1. The molecule has 4 aliphatic rings. The molecule has 2 aliphatic carbocycles. The Morgan fingerprint density at radius 2 is 1.92 bits per heavy atom. The van der Waals surface area contributed by atoms with Gasteiger partial charge in [-0.15, -0.1) is 0 Å². The maximum absolute atomic E-state index is 14.0. The largest absolute Gasteiger partial charge is 0.494 e. The van der Waals surface area contributed by atoms with Crippen molar-refractivity contribution < 1.29 is 9.53 Å². The minimum atomic E-state index is 0.000593. The smallest absolute Gasteiger partial charge is 0.254 e. The van der Waals surface area contributed by atoms with E-state index in [4.69, 9.17) is 20.4 Å². The lowest BCUT2D eigenvalue weighted by atomic mass is 10.1. The number of hydrogen-bond donors (Lipinski definition) is 1. The number of pyridine rings is 2. The van der Waals surface area contributed by atoms with Crippen LogP contribution in [0.4, 0.5) is 5.69 Å². The first kappa shape index (κ1) is 29.2. The van der Waals surface area contributed by atoms with Gasteiger partial charge in [0.25, 0.3) is 5.91 Å². The molecule has 2 N–H and O–H groups in total. The van der Waals surface area contributed by atoms with Crippen LogP contribution in [0.25, 0.3) is 33.6 Å². The zero-order valence-electron chi connectivity index (χ0n) is 27.1. The first-order chi connectivity index (χ1) is 23.5. The topological polar surface area (TPSA) is 131 Å². The maximum atomic E-state index is 14.0. The molecule has 244 valence electrons. The molecule has 48 heavy (non-hydrogen) atoms. The molecule has 2 aliphatic heterocycles. The highest BCUT2D eigenvalue weighted by atomic mass is 16.5. The highest BCUT2D eigenvalue weighted by molar-refractivity contribution is 6.00. The number of benzene rings is 1. The number of likely N-dealkylation sites (tertiary alicyclic amines) is 1. The van der Waals surface area contributed by atoms with Crippen LogP contribution in [0.15, 0.2) is 55.0 Å². The van der Waals surface area contributed by atoms with E-state index in [0.29, 0.717) is 41.2 Å². The van der Waals surface area contributed by atoms with Gasteiger partial charge in [0.1, 0.15) is 23.0 Å². The number of nitriles is 1. The highest BCUT2D eigenvalue weighted by Gasteiger charge is 2.47. The summed E-state index contributed by atoms with van der Waals surface area (Å²) < 4.78 is 10.7. The van der Waals surface area contributed by atoms with Crippen LogP contribution < -0.4 is 15.4 Å². The van der Waals surface area contributed by atoms with Gasteiger partial charge in [0.05, 0.1) is 35.8 Å². The molecule has 9 rings (SSSR count). The number of imidazole rings is 1. The fourth-order valence-corrected chi connectivity index (χ4v) is 8.48. The maximum Gasteiger partial charge on any atom is 0.254 e. The standard InChI is InChI=1S/C37H39N9O2/c1-48-32-14-27(37(47)45-21-26-6-7-30(45)33(26)39)12-29-34(32)46(20-23-8-10-43(18-23)28-11-24(15-38)16-40-17-28)36(42-29)31-13-25-3-2-9-41-35(25)44(31)19-22-4-5-22/h2-3,9,11-14,16-17,22-23,26,30,33H,4-8,10,18-21,39H2,1H3/t23-,26?,30?,33-/m1/s1. The van der Waals surface area contributed by atoms with Gasteiger partial charge in [-0.3, -0.25) is 9.78 Å². The van der Waals surface area contributed by atoms with E-state index >= 15 is 0 Å². The van der Waals surface area contributed by atoms with Crippen LogP contribution in [0.2, 0.25) is 0 Å². The fraction of sp³-hybridized carbons (Fsp3) is 0.432. The van der Waals surface area contributed by atoms with Crippen LogP contribution in [0.3, 0.4) is 0 Å². The van der Waals surface area contributed by atoms with Crippen LogP contribution in [0.1, 0.15) is 48.0 Å². The van der Waals surface area contributed by atoms with Crippen molar-refractivity contribution in [3.8, 4) is 23.3 Å². The molecule has 6 heterocycles. The number of methoxy groups -OCH3 is 1. The van der Waals surface area contributed by atoms with Gasteiger partial charge < -0.3 is 29.4 Å². The summed E-state index contributed by atoms with van der Waals surface area (Å²) in [6.07, 6.45) is 10.8. The monoisotopic (exact) mass is 641 g/mol. The molecule has 5 aromatic rings. The lowest BCUT2D eigenvalue weighted by molar-refractivity contribution is 0.0700. The Kier molecular flexibility index (Phi) is 6.90. The number of anilines is 1. The van der Waals surface area contributed by atoms with Crippen molar-refractivity contribution in [2.24, 2.45) is 23.5 Å². The van der Waals surface area contributed by atoms with E-state index in [0.717, 1.165) is 84.7 Å². The van der Waals surface area contributed by atoms with Crippen molar-refractivity contribution in [1.29, 1.82) is 5.26 Å². The minimum Gasteiger partial charge on any atom is -0.494 e. The van der Waals surface area contributed by atoms with Crippen LogP contribution in [0, 0.1) is 29.1 Å². The van der Waals surface area contributed by atoms with Crippen LogP contribution in [-0.2, 0) is 13.1 Å². The van der Waals surface area contributed by atoms with Crippen molar-refractivity contribution in [3.05, 3.63) is 66.1 Å². The Morgan fingerprint density at radius 3 is 2.69 bits per heavy atom. The first-order valence-corrected chi connectivity index (χ1v) is 17.2. The van der Waals surface area contributed by atoms with Crippen LogP contribution in [0.5, 0.6) is 5.75 Å². The number of amides is 1. The summed E-state index contributed by atoms with van der Waals surface area (Å²) in [7, 11) is 1.67. The quantitative estimate of drug-likeness (QED) is 0.255. The summed E-state index contributed by atoms with van der Waals surface area (Å²) >= 11 is 0. The predicted molar refractivity (Wildman–Crippen MR) is 183 cm³/mol. The SMILES string of the molecule is COc1cc(C(=O)N2CC3CCC2[C@@H]3N)cc2nc(-c3cc4cccnc4n3CC3CC3)n(C[C@@H]3CCN(c4cncc(C#N)c4)C3)c12. The van der Waals surface area contributed by atoms with Gasteiger partial charge in [-0.25, -0.2) is 9.97 Å². The number of hydrogen-bond acceptors (Lipinski definition) is 8. The molecule has 4 aromatic heterocycles. The second kappa shape index (κ2) is 11.3. The van der Waals surface area contributed by atoms with E-state index in [9.17, 15) is 10.1 Å². The minimum absolute atomic E-state index is 0.000593. The van der Waals surface area contributed by atoms with E-state index in [-0.39, 0.29) is 18.0 Å². The Labute approximate surface area is 278 Å². The van der Waals surface area contributed by atoms with E-state index in [1.54, 1.807) is 13.3 Å². The number of carbonyl (C=O) groups is 1. The van der Waals surface area contributed by atoms with Gasteiger partial charge in [0.15, 0.2) is 5.82 Å². The number of rotatable bonds is 8.